The van der Waals surface area contributed by atoms with Gasteiger partial charge in [0.1, 0.15) is 6.04 Å². The first-order valence-corrected chi connectivity index (χ1v) is 9.11. The lowest BCUT2D eigenvalue weighted by molar-refractivity contribution is -0.132. The molecule has 0 aliphatic heterocycles. The number of hydroxylamine groups is 1. The van der Waals surface area contributed by atoms with E-state index in [1.54, 1.807) is 38.1 Å². The van der Waals surface area contributed by atoms with E-state index in [1.807, 2.05) is 0 Å². The van der Waals surface area contributed by atoms with E-state index in [-0.39, 0.29) is 18.4 Å². The molecule has 1 aromatic carbocycles. The van der Waals surface area contributed by atoms with Crippen LogP contribution in [0.3, 0.4) is 0 Å². The third-order valence-electron chi connectivity index (χ3n) is 4.78. The first-order chi connectivity index (χ1) is 13.7. The number of rotatable bonds is 5. The van der Waals surface area contributed by atoms with Gasteiger partial charge in [-0.05, 0) is 56.4 Å². The van der Waals surface area contributed by atoms with Crippen LogP contribution in [0.2, 0.25) is 0 Å². The van der Waals surface area contributed by atoms with Crippen LogP contribution in [0.25, 0.3) is 0 Å². The lowest BCUT2D eigenvalue weighted by Crippen LogP contribution is -2.61. The van der Waals surface area contributed by atoms with Crippen LogP contribution in [-0.2, 0) is 4.79 Å². The van der Waals surface area contributed by atoms with Crippen molar-refractivity contribution in [3.05, 3.63) is 35.4 Å². The van der Waals surface area contributed by atoms with Crippen molar-refractivity contribution in [2.45, 2.75) is 38.0 Å². The van der Waals surface area contributed by atoms with Gasteiger partial charge in [0.2, 0.25) is 0 Å². The summed E-state index contributed by atoms with van der Waals surface area (Å²) >= 11 is 0. The molecule has 1 aliphatic rings. The standard InChI is InChI=1S/C21H25N3O5/c1-21(2,22)18(20(28)24-29)23-19(27)14-9-7-13(8-10-14)5-3-4-6-15-11-17(26)16(15)12-25/h7-10,15-18,25-26,29H,11-12,22H2,1-2H3,(H,23,27)(H,24,28)/t15?,16-,17-,18+/m0/s1. The number of carbonyl (C=O) groups is 2. The average molecular weight is 399 g/mol. The summed E-state index contributed by atoms with van der Waals surface area (Å²) in [6.45, 7) is 3.01. The molecule has 4 atom stereocenters. The topological polar surface area (TPSA) is 145 Å². The van der Waals surface area contributed by atoms with E-state index in [0.717, 1.165) is 0 Å². The van der Waals surface area contributed by atoms with E-state index < -0.39 is 29.5 Å². The highest BCUT2D eigenvalue weighted by Gasteiger charge is 2.38. The largest absolute Gasteiger partial charge is 0.396 e. The van der Waals surface area contributed by atoms with Crippen molar-refractivity contribution in [1.82, 2.24) is 10.8 Å². The second-order valence-corrected chi connectivity index (χ2v) is 7.56. The zero-order chi connectivity index (χ0) is 21.6. The molecule has 1 aliphatic carbocycles. The van der Waals surface area contributed by atoms with Crippen LogP contribution >= 0.6 is 0 Å². The molecular weight excluding hydrogens is 374 g/mol. The molecule has 1 unspecified atom stereocenters. The summed E-state index contributed by atoms with van der Waals surface area (Å²) in [5.41, 5.74) is 7.25. The molecule has 0 aromatic heterocycles. The number of carbonyl (C=O) groups excluding carboxylic acids is 2. The molecule has 0 spiro atoms. The molecule has 154 valence electrons. The normalized spacial score (nSPS) is 21.4. The summed E-state index contributed by atoms with van der Waals surface area (Å²) in [5, 5.41) is 30.0. The van der Waals surface area contributed by atoms with Gasteiger partial charge < -0.3 is 21.3 Å². The van der Waals surface area contributed by atoms with Crippen molar-refractivity contribution < 1.29 is 25.0 Å². The van der Waals surface area contributed by atoms with E-state index in [4.69, 9.17) is 16.0 Å². The molecule has 29 heavy (non-hydrogen) atoms. The van der Waals surface area contributed by atoms with Crippen LogP contribution in [0.15, 0.2) is 24.3 Å². The molecule has 0 heterocycles. The van der Waals surface area contributed by atoms with E-state index in [2.05, 4.69) is 29.0 Å². The van der Waals surface area contributed by atoms with Crippen LogP contribution in [0.5, 0.6) is 0 Å². The van der Waals surface area contributed by atoms with Crippen LogP contribution in [0.1, 0.15) is 36.2 Å². The van der Waals surface area contributed by atoms with Crippen molar-refractivity contribution in [3.63, 3.8) is 0 Å². The minimum Gasteiger partial charge on any atom is -0.396 e. The maximum atomic E-state index is 12.4. The van der Waals surface area contributed by atoms with Gasteiger partial charge in [0.15, 0.2) is 0 Å². The Morgan fingerprint density at radius 3 is 2.45 bits per heavy atom. The Hall–Kier alpha value is -2.88. The van der Waals surface area contributed by atoms with Gasteiger partial charge in [-0.3, -0.25) is 14.8 Å². The maximum Gasteiger partial charge on any atom is 0.267 e. The predicted molar refractivity (Wildman–Crippen MR) is 105 cm³/mol. The Morgan fingerprint density at radius 1 is 1.28 bits per heavy atom. The summed E-state index contributed by atoms with van der Waals surface area (Å²) in [4.78, 5) is 24.1. The monoisotopic (exact) mass is 399 g/mol. The van der Waals surface area contributed by atoms with Crippen molar-refractivity contribution >= 4 is 11.8 Å². The number of aliphatic hydroxyl groups is 2. The van der Waals surface area contributed by atoms with Crippen LogP contribution in [0.4, 0.5) is 0 Å². The molecule has 2 rings (SSSR count). The van der Waals surface area contributed by atoms with E-state index in [0.29, 0.717) is 17.5 Å². The Balaban J connectivity index is 2.00. The van der Waals surface area contributed by atoms with Crippen molar-refractivity contribution in [1.29, 1.82) is 0 Å². The highest BCUT2D eigenvalue weighted by Crippen LogP contribution is 2.33. The predicted octanol–water partition coefficient (Wildman–Crippen LogP) is -0.628. The SMILES string of the molecule is CC(C)(N)[C@H](NC(=O)c1ccc(C#CC#CC2C[C@H](O)[C@H]2CO)cc1)C(=O)NO. The van der Waals surface area contributed by atoms with Gasteiger partial charge in [0, 0.05) is 35.1 Å². The summed E-state index contributed by atoms with van der Waals surface area (Å²) in [6.07, 6.45) is 0.0392. The molecule has 0 saturated heterocycles. The molecule has 2 amide bonds. The van der Waals surface area contributed by atoms with Crippen LogP contribution in [-0.4, -0.2) is 51.5 Å². The van der Waals surface area contributed by atoms with E-state index in [1.165, 1.54) is 5.48 Å². The molecule has 0 bridgehead atoms. The minimum atomic E-state index is -1.12. The number of amides is 2. The fourth-order valence-corrected chi connectivity index (χ4v) is 2.90. The zero-order valence-electron chi connectivity index (χ0n) is 16.3. The summed E-state index contributed by atoms with van der Waals surface area (Å²) in [7, 11) is 0. The second kappa shape index (κ2) is 9.55. The van der Waals surface area contributed by atoms with E-state index >= 15 is 0 Å². The number of nitrogens with two attached hydrogens (primary N) is 1. The Kier molecular flexibility index (Phi) is 7.38. The lowest BCUT2D eigenvalue weighted by atomic mass is 9.72. The van der Waals surface area contributed by atoms with Gasteiger partial charge >= 0.3 is 0 Å². The van der Waals surface area contributed by atoms with Gasteiger partial charge in [0.25, 0.3) is 11.8 Å². The molecule has 7 N–H and O–H groups in total. The van der Waals surface area contributed by atoms with Gasteiger partial charge in [-0.25, -0.2) is 5.48 Å². The highest BCUT2D eigenvalue weighted by molar-refractivity contribution is 5.97. The average Bonchev–Trinajstić information content (AvgIpc) is 2.67. The van der Waals surface area contributed by atoms with E-state index in [9.17, 15) is 14.7 Å². The first kappa shape index (κ1) is 22.4. The first-order valence-electron chi connectivity index (χ1n) is 9.11. The Labute approximate surface area is 169 Å². The number of hydrogen-bond donors (Lipinski definition) is 6. The number of aliphatic hydroxyl groups excluding tert-OH is 2. The molecule has 1 saturated carbocycles. The Morgan fingerprint density at radius 2 is 1.93 bits per heavy atom. The van der Waals surface area contributed by atoms with Crippen LogP contribution < -0.4 is 16.5 Å². The minimum absolute atomic E-state index is 0.0498. The van der Waals surface area contributed by atoms with Crippen LogP contribution in [0, 0.1) is 35.5 Å². The second-order valence-electron chi connectivity index (χ2n) is 7.56. The Bertz CT molecular complexity index is 868. The molecule has 1 fully saturated rings. The fourth-order valence-electron chi connectivity index (χ4n) is 2.90. The molecular formula is C21H25N3O5. The highest BCUT2D eigenvalue weighted by atomic mass is 16.5. The molecule has 8 nitrogen and oxygen atoms in total. The smallest absolute Gasteiger partial charge is 0.267 e. The van der Waals surface area contributed by atoms with Gasteiger partial charge in [-0.1, -0.05) is 11.8 Å². The summed E-state index contributed by atoms with van der Waals surface area (Å²) in [5.74, 6) is 9.62. The zero-order valence-corrected chi connectivity index (χ0v) is 16.3. The number of benzene rings is 1. The molecule has 1 aromatic rings. The summed E-state index contributed by atoms with van der Waals surface area (Å²) in [6, 6.07) is 5.26. The van der Waals surface area contributed by atoms with Gasteiger partial charge in [-0.2, -0.15) is 0 Å². The lowest BCUT2D eigenvalue weighted by Gasteiger charge is -2.37. The third-order valence-corrected chi connectivity index (χ3v) is 4.78. The quantitative estimate of drug-likeness (QED) is 0.221. The van der Waals surface area contributed by atoms with Gasteiger partial charge in [-0.15, -0.1) is 0 Å². The number of hydrogen-bond acceptors (Lipinski definition) is 6. The number of nitrogens with one attached hydrogen (secondary N) is 2. The van der Waals surface area contributed by atoms with Crippen molar-refractivity contribution in [3.8, 4) is 23.7 Å². The van der Waals surface area contributed by atoms with Crippen molar-refractivity contribution in [2.75, 3.05) is 6.61 Å². The van der Waals surface area contributed by atoms with Crippen molar-refractivity contribution in [2.24, 2.45) is 17.6 Å². The molecule has 8 heteroatoms. The maximum absolute atomic E-state index is 12.4. The van der Waals surface area contributed by atoms with Gasteiger partial charge in [0.05, 0.1) is 6.10 Å². The summed E-state index contributed by atoms with van der Waals surface area (Å²) < 4.78 is 0. The fraction of sp³-hybridized carbons (Fsp3) is 0.429. The molecule has 0 radical (unpaired) electrons. The third kappa shape index (κ3) is 5.80.